The second kappa shape index (κ2) is 3.72. The van der Waals surface area contributed by atoms with E-state index < -0.39 is 0 Å². The van der Waals surface area contributed by atoms with Crippen molar-refractivity contribution >= 4 is 38.5 Å². The van der Waals surface area contributed by atoms with Gasteiger partial charge < -0.3 is 0 Å². The Morgan fingerprint density at radius 2 is 2.20 bits per heavy atom. The lowest BCUT2D eigenvalue weighted by atomic mass is 10.2. The van der Waals surface area contributed by atoms with Crippen molar-refractivity contribution < 1.29 is 0 Å². The van der Waals surface area contributed by atoms with Crippen LogP contribution in [0.5, 0.6) is 0 Å². The van der Waals surface area contributed by atoms with Gasteiger partial charge in [0.05, 0.1) is 0 Å². The van der Waals surface area contributed by atoms with E-state index in [9.17, 15) is 0 Å². The third-order valence-corrected chi connectivity index (χ3v) is 3.37. The van der Waals surface area contributed by atoms with Gasteiger partial charge in [-0.05, 0) is 18.1 Å². The number of aryl methyl sites for hydroxylation is 1. The van der Waals surface area contributed by atoms with E-state index in [-0.39, 0.29) is 0 Å². The van der Waals surface area contributed by atoms with Crippen molar-refractivity contribution in [3.05, 3.63) is 33.8 Å². The fourth-order valence-corrected chi connectivity index (χ4v) is 2.38. The Morgan fingerprint density at radius 3 is 2.70 bits per heavy atom. The Balaban J connectivity index is 3.14. The van der Waals surface area contributed by atoms with Gasteiger partial charge in [0.25, 0.3) is 0 Å². The molecular formula is C8H8BrI. The molecular weight excluding hydrogens is 303 g/mol. The molecule has 0 saturated heterocycles. The van der Waals surface area contributed by atoms with Crippen molar-refractivity contribution in [2.75, 3.05) is 0 Å². The first-order valence-corrected chi connectivity index (χ1v) is 5.37. The molecule has 0 amide bonds. The predicted molar refractivity (Wildman–Crippen MR) is 56.6 cm³/mol. The summed E-state index contributed by atoms with van der Waals surface area (Å²) in [4.78, 5) is 0. The van der Waals surface area contributed by atoms with E-state index in [2.05, 4.69) is 63.6 Å². The maximum absolute atomic E-state index is 3.54. The lowest BCUT2D eigenvalue weighted by Gasteiger charge is -2.01. The standard InChI is InChI=1S/C8H8BrI/c1-6-3-2-4-7(5-10)8(6)9/h2-4H,5H2,1H3. The van der Waals surface area contributed by atoms with E-state index in [0.29, 0.717) is 0 Å². The number of benzene rings is 1. The monoisotopic (exact) mass is 310 g/mol. The van der Waals surface area contributed by atoms with Crippen LogP contribution in [0, 0.1) is 6.92 Å². The average Bonchev–Trinajstić information content (AvgIpc) is 1.95. The van der Waals surface area contributed by atoms with Crippen molar-refractivity contribution in [1.29, 1.82) is 0 Å². The maximum atomic E-state index is 3.54. The van der Waals surface area contributed by atoms with E-state index in [1.54, 1.807) is 0 Å². The Hall–Kier alpha value is 0.430. The van der Waals surface area contributed by atoms with Gasteiger partial charge in [0.15, 0.2) is 0 Å². The minimum absolute atomic E-state index is 1.07. The molecule has 0 aliphatic heterocycles. The Bertz CT molecular complexity index is 233. The van der Waals surface area contributed by atoms with Crippen molar-refractivity contribution in [3.63, 3.8) is 0 Å². The van der Waals surface area contributed by atoms with Gasteiger partial charge in [-0.15, -0.1) is 0 Å². The van der Waals surface area contributed by atoms with E-state index in [4.69, 9.17) is 0 Å². The second-order valence-corrected chi connectivity index (χ2v) is 3.74. The molecule has 1 rings (SSSR count). The van der Waals surface area contributed by atoms with Crippen LogP contribution in [0.15, 0.2) is 22.7 Å². The first-order chi connectivity index (χ1) is 4.75. The fraction of sp³-hybridized carbons (Fsp3) is 0.250. The highest BCUT2D eigenvalue weighted by molar-refractivity contribution is 14.1. The smallest absolute Gasteiger partial charge is 0.0258 e. The van der Waals surface area contributed by atoms with Gasteiger partial charge in [-0.3, -0.25) is 0 Å². The van der Waals surface area contributed by atoms with Crippen LogP contribution in [0.1, 0.15) is 11.1 Å². The van der Waals surface area contributed by atoms with Crippen LogP contribution in [0.4, 0.5) is 0 Å². The lowest BCUT2D eigenvalue weighted by molar-refractivity contribution is 1.33. The SMILES string of the molecule is Cc1cccc(CI)c1Br. The molecule has 54 valence electrons. The summed E-state index contributed by atoms with van der Waals surface area (Å²) in [6.45, 7) is 2.11. The van der Waals surface area contributed by atoms with Gasteiger partial charge in [0.2, 0.25) is 0 Å². The maximum Gasteiger partial charge on any atom is 0.0258 e. The van der Waals surface area contributed by atoms with Crippen molar-refractivity contribution in [2.24, 2.45) is 0 Å². The van der Waals surface area contributed by atoms with Crippen LogP contribution in [0.3, 0.4) is 0 Å². The minimum Gasteiger partial charge on any atom is -0.0811 e. The zero-order valence-corrected chi connectivity index (χ0v) is 9.44. The molecule has 0 nitrogen and oxygen atoms in total. The second-order valence-electron chi connectivity index (χ2n) is 2.18. The highest BCUT2D eigenvalue weighted by atomic mass is 127. The van der Waals surface area contributed by atoms with Gasteiger partial charge in [-0.1, -0.05) is 56.7 Å². The van der Waals surface area contributed by atoms with E-state index >= 15 is 0 Å². The Kier molecular flexibility index (Phi) is 3.17. The molecule has 0 spiro atoms. The summed E-state index contributed by atoms with van der Waals surface area (Å²) in [5.74, 6) is 0. The summed E-state index contributed by atoms with van der Waals surface area (Å²) in [7, 11) is 0. The van der Waals surface area contributed by atoms with Crippen LogP contribution in [-0.2, 0) is 4.43 Å². The number of halogens is 2. The van der Waals surface area contributed by atoms with Crippen LogP contribution in [0.25, 0.3) is 0 Å². The highest BCUT2D eigenvalue weighted by Crippen LogP contribution is 2.22. The van der Waals surface area contributed by atoms with Gasteiger partial charge in [0.1, 0.15) is 0 Å². The molecule has 2 heteroatoms. The Morgan fingerprint density at radius 1 is 1.50 bits per heavy atom. The third-order valence-electron chi connectivity index (χ3n) is 1.42. The number of alkyl halides is 1. The van der Waals surface area contributed by atoms with Crippen molar-refractivity contribution in [1.82, 2.24) is 0 Å². The molecule has 0 fully saturated rings. The van der Waals surface area contributed by atoms with Gasteiger partial charge in [-0.2, -0.15) is 0 Å². The molecule has 0 bridgehead atoms. The molecule has 0 aliphatic carbocycles. The first-order valence-electron chi connectivity index (χ1n) is 3.05. The average molecular weight is 311 g/mol. The molecule has 1 aromatic rings. The zero-order chi connectivity index (χ0) is 7.56. The number of hydrogen-bond acceptors (Lipinski definition) is 0. The summed E-state index contributed by atoms with van der Waals surface area (Å²) < 4.78 is 2.32. The van der Waals surface area contributed by atoms with Crippen LogP contribution >= 0.6 is 38.5 Å². The Labute approximate surface area is 83.3 Å². The normalized spacial score (nSPS) is 9.90. The first kappa shape index (κ1) is 8.53. The third kappa shape index (κ3) is 1.72. The van der Waals surface area contributed by atoms with E-state index in [1.807, 2.05) is 0 Å². The summed E-state index contributed by atoms with van der Waals surface area (Å²) in [6, 6.07) is 6.34. The summed E-state index contributed by atoms with van der Waals surface area (Å²) in [5, 5.41) is 0. The van der Waals surface area contributed by atoms with Gasteiger partial charge >= 0.3 is 0 Å². The molecule has 10 heavy (non-hydrogen) atoms. The summed E-state index contributed by atoms with van der Waals surface area (Å²) >= 11 is 5.90. The van der Waals surface area contributed by atoms with Gasteiger partial charge in [-0.25, -0.2) is 0 Å². The summed E-state index contributed by atoms with van der Waals surface area (Å²) in [6.07, 6.45) is 0. The van der Waals surface area contributed by atoms with E-state index in [0.717, 1.165) is 4.43 Å². The molecule has 0 aliphatic rings. The van der Waals surface area contributed by atoms with Crippen molar-refractivity contribution in [3.8, 4) is 0 Å². The minimum atomic E-state index is 1.07. The number of hydrogen-bond donors (Lipinski definition) is 0. The van der Waals surface area contributed by atoms with Gasteiger partial charge in [0, 0.05) is 8.90 Å². The molecule has 0 radical (unpaired) electrons. The fourth-order valence-electron chi connectivity index (χ4n) is 0.811. The van der Waals surface area contributed by atoms with Crippen LogP contribution < -0.4 is 0 Å². The highest BCUT2D eigenvalue weighted by Gasteiger charge is 1.98. The summed E-state index contributed by atoms with van der Waals surface area (Å²) in [5.41, 5.74) is 2.69. The van der Waals surface area contributed by atoms with Crippen LogP contribution in [-0.4, -0.2) is 0 Å². The van der Waals surface area contributed by atoms with E-state index in [1.165, 1.54) is 15.6 Å². The van der Waals surface area contributed by atoms with Crippen LogP contribution in [0.2, 0.25) is 0 Å². The topological polar surface area (TPSA) is 0 Å². The quantitative estimate of drug-likeness (QED) is 0.548. The largest absolute Gasteiger partial charge is 0.0811 e. The zero-order valence-electron chi connectivity index (χ0n) is 5.70. The molecule has 0 atom stereocenters. The molecule has 0 aromatic heterocycles. The number of rotatable bonds is 1. The lowest BCUT2D eigenvalue weighted by Crippen LogP contribution is -1.82. The predicted octanol–water partition coefficient (Wildman–Crippen LogP) is 3.69. The molecule has 1 aromatic carbocycles. The van der Waals surface area contributed by atoms with Crippen molar-refractivity contribution in [2.45, 2.75) is 11.4 Å². The molecule has 0 unspecified atom stereocenters. The molecule has 0 heterocycles. The molecule has 0 N–H and O–H groups in total. The molecule has 0 saturated carbocycles.